The Kier molecular flexibility index (Phi) is 0.611. The van der Waals surface area contributed by atoms with Crippen molar-refractivity contribution in [3.8, 4) is 6.07 Å². The quantitative estimate of drug-likeness (QED) is 0.423. The van der Waals surface area contributed by atoms with Crippen molar-refractivity contribution in [2.75, 3.05) is 5.75 Å². The van der Waals surface area contributed by atoms with Gasteiger partial charge in [0.2, 0.25) is 0 Å². The molecule has 1 rings (SSSR count). The number of rotatable bonds is 0. The van der Waals surface area contributed by atoms with Gasteiger partial charge >= 0.3 is 0 Å². The van der Waals surface area contributed by atoms with Crippen LogP contribution in [0.4, 0.5) is 0 Å². The van der Waals surface area contributed by atoms with Gasteiger partial charge in [-0.05, 0) is 6.92 Å². The average Bonchev–Trinajstić information content (AvgIpc) is 2.22. The lowest BCUT2D eigenvalue weighted by Gasteiger charge is -1.79. The molecule has 0 amide bonds. The van der Waals surface area contributed by atoms with E-state index in [2.05, 4.69) is 6.07 Å². The van der Waals surface area contributed by atoms with Gasteiger partial charge in [0.05, 0.1) is 6.07 Å². The zero-order valence-corrected chi connectivity index (χ0v) is 4.38. The van der Waals surface area contributed by atoms with Gasteiger partial charge in [0.1, 0.15) is 4.75 Å². The fraction of sp³-hybridized carbons (Fsp3) is 0.750. The second kappa shape index (κ2) is 0.913. The molecule has 0 radical (unpaired) electrons. The van der Waals surface area contributed by atoms with Crippen LogP contribution in [0.25, 0.3) is 0 Å². The molecule has 0 saturated carbocycles. The highest BCUT2D eigenvalue weighted by molar-refractivity contribution is 8.08. The molecule has 1 aliphatic heterocycles. The lowest BCUT2D eigenvalue weighted by molar-refractivity contribution is 1.03. The number of hydrogen-bond donors (Lipinski definition) is 0. The lowest BCUT2D eigenvalue weighted by atomic mass is 10.3. The monoisotopic (exact) mass is 99.0 g/mol. The van der Waals surface area contributed by atoms with Crippen LogP contribution in [0.3, 0.4) is 0 Å². The zero-order valence-electron chi connectivity index (χ0n) is 3.56. The normalized spacial score (nSPS) is 41.3. The van der Waals surface area contributed by atoms with E-state index in [1.54, 1.807) is 11.8 Å². The van der Waals surface area contributed by atoms with Gasteiger partial charge in [-0.25, -0.2) is 0 Å². The van der Waals surface area contributed by atoms with Gasteiger partial charge < -0.3 is 0 Å². The molecule has 0 aliphatic carbocycles. The van der Waals surface area contributed by atoms with Crippen molar-refractivity contribution < 1.29 is 0 Å². The molecular formula is C4H5NS. The summed E-state index contributed by atoms with van der Waals surface area (Å²) in [7, 11) is 0. The molecule has 0 aromatic heterocycles. The summed E-state index contributed by atoms with van der Waals surface area (Å²) < 4.78 is 0.0139. The van der Waals surface area contributed by atoms with E-state index in [0.29, 0.717) is 0 Å². The van der Waals surface area contributed by atoms with E-state index in [4.69, 9.17) is 5.26 Å². The first-order chi connectivity index (χ1) is 2.77. The van der Waals surface area contributed by atoms with Crippen LogP contribution >= 0.6 is 11.8 Å². The smallest absolute Gasteiger partial charge is 0.109 e. The fourth-order valence-corrected chi connectivity index (χ4v) is 0.518. The molecule has 1 fully saturated rings. The van der Waals surface area contributed by atoms with Crippen LogP contribution in [0.1, 0.15) is 6.92 Å². The SMILES string of the molecule is CC1(C#N)CS1. The van der Waals surface area contributed by atoms with Gasteiger partial charge in [-0.2, -0.15) is 5.26 Å². The predicted octanol–water partition coefficient (Wildman–Crippen LogP) is 1.02. The van der Waals surface area contributed by atoms with Crippen molar-refractivity contribution in [1.29, 1.82) is 5.26 Å². The van der Waals surface area contributed by atoms with Gasteiger partial charge in [-0.1, -0.05) is 0 Å². The van der Waals surface area contributed by atoms with Crippen LogP contribution in [0.2, 0.25) is 0 Å². The summed E-state index contributed by atoms with van der Waals surface area (Å²) in [5.74, 6) is 1.03. The standard InChI is InChI=1S/C4H5NS/c1-4(2-5)3-6-4/h3H2,1H3. The predicted molar refractivity (Wildman–Crippen MR) is 26.5 cm³/mol. The summed E-state index contributed by atoms with van der Waals surface area (Å²) in [6.07, 6.45) is 0. The molecule has 1 heterocycles. The molecular weight excluding hydrogens is 94.1 g/mol. The summed E-state index contributed by atoms with van der Waals surface area (Å²) in [5, 5.41) is 8.19. The second-order valence-corrected chi connectivity index (χ2v) is 3.11. The fourth-order valence-electron chi connectivity index (χ4n) is 0.173. The molecule has 0 N–H and O–H groups in total. The summed E-state index contributed by atoms with van der Waals surface area (Å²) >= 11 is 1.71. The first-order valence-electron chi connectivity index (χ1n) is 1.82. The van der Waals surface area contributed by atoms with Crippen LogP contribution in [-0.2, 0) is 0 Å². The Hall–Kier alpha value is -0.160. The third-order valence-electron chi connectivity index (χ3n) is 0.814. The maximum absolute atomic E-state index is 8.19. The van der Waals surface area contributed by atoms with Gasteiger partial charge in [-0.15, -0.1) is 11.8 Å². The Morgan fingerprint density at radius 1 is 2.00 bits per heavy atom. The third-order valence-corrected chi connectivity index (χ3v) is 2.06. The Morgan fingerprint density at radius 3 is 2.50 bits per heavy atom. The summed E-state index contributed by atoms with van der Waals surface area (Å²) in [6, 6.07) is 2.18. The van der Waals surface area contributed by atoms with E-state index in [-0.39, 0.29) is 4.75 Å². The Morgan fingerprint density at radius 2 is 2.50 bits per heavy atom. The van der Waals surface area contributed by atoms with Crippen LogP contribution in [0, 0.1) is 11.3 Å². The maximum atomic E-state index is 8.19. The second-order valence-electron chi connectivity index (χ2n) is 1.63. The van der Waals surface area contributed by atoms with E-state index in [1.807, 2.05) is 6.92 Å². The largest absolute Gasteiger partial charge is 0.197 e. The minimum Gasteiger partial charge on any atom is -0.197 e. The van der Waals surface area contributed by atoms with Gasteiger partial charge in [0.25, 0.3) is 0 Å². The molecule has 6 heavy (non-hydrogen) atoms. The van der Waals surface area contributed by atoms with Crippen LogP contribution < -0.4 is 0 Å². The van der Waals surface area contributed by atoms with E-state index < -0.39 is 0 Å². The van der Waals surface area contributed by atoms with Gasteiger partial charge in [0.15, 0.2) is 0 Å². The summed E-state index contributed by atoms with van der Waals surface area (Å²) in [5.41, 5.74) is 0. The van der Waals surface area contributed by atoms with Crippen LogP contribution in [0.15, 0.2) is 0 Å². The average molecular weight is 99.2 g/mol. The van der Waals surface area contributed by atoms with Crippen molar-refractivity contribution in [3.05, 3.63) is 0 Å². The van der Waals surface area contributed by atoms with Crippen molar-refractivity contribution in [2.24, 2.45) is 0 Å². The molecule has 32 valence electrons. The number of nitrogens with zero attached hydrogens (tertiary/aromatic N) is 1. The molecule has 1 unspecified atom stereocenters. The van der Waals surface area contributed by atoms with E-state index in [1.165, 1.54) is 0 Å². The summed E-state index contributed by atoms with van der Waals surface area (Å²) in [4.78, 5) is 0. The molecule has 0 spiro atoms. The van der Waals surface area contributed by atoms with Crippen molar-refractivity contribution >= 4 is 11.8 Å². The number of hydrogen-bond acceptors (Lipinski definition) is 2. The summed E-state index contributed by atoms with van der Waals surface area (Å²) in [6.45, 7) is 1.96. The Bertz CT molecular complexity index is 98.6. The van der Waals surface area contributed by atoms with Crippen molar-refractivity contribution in [2.45, 2.75) is 11.7 Å². The highest BCUT2D eigenvalue weighted by Crippen LogP contribution is 2.42. The molecule has 0 aromatic rings. The van der Waals surface area contributed by atoms with Crippen molar-refractivity contribution in [1.82, 2.24) is 0 Å². The Balaban J connectivity index is 2.54. The van der Waals surface area contributed by atoms with E-state index >= 15 is 0 Å². The van der Waals surface area contributed by atoms with Crippen LogP contribution in [-0.4, -0.2) is 10.5 Å². The van der Waals surface area contributed by atoms with Gasteiger partial charge in [0, 0.05) is 5.75 Å². The van der Waals surface area contributed by atoms with E-state index in [0.717, 1.165) is 5.75 Å². The zero-order chi connectivity index (χ0) is 4.62. The highest BCUT2D eigenvalue weighted by atomic mass is 32.2. The molecule has 1 atom stereocenters. The highest BCUT2D eigenvalue weighted by Gasteiger charge is 2.38. The van der Waals surface area contributed by atoms with Gasteiger partial charge in [-0.3, -0.25) is 0 Å². The molecule has 1 nitrogen and oxygen atoms in total. The third kappa shape index (κ3) is 0.504. The lowest BCUT2D eigenvalue weighted by Crippen LogP contribution is -1.93. The molecule has 2 heteroatoms. The van der Waals surface area contributed by atoms with Crippen LogP contribution in [0.5, 0.6) is 0 Å². The molecule has 1 saturated heterocycles. The first kappa shape index (κ1) is 4.01. The topological polar surface area (TPSA) is 23.8 Å². The first-order valence-corrected chi connectivity index (χ1v) is 2.81. The Labute approximate surface area is 41.3 Å². The number of nitriles is 1. The molecule has 0 aromatic carbocycles. The minimum absolute atomic E-state index is 0.0139. The maximum Gasteiger partial charge on any atom is 0.109 e. The van der Waals surface area contributed by atoms with E-state index in [9.17, 15) is 0 Å². The minimum atomic E-state index is 0.0139. The molecule has 0 bridgehead atoms. The van der Waals surface area contributed by atoms with Crippen molar-refractivity contribution in [3.63, 3.8) is 0 Å². The number of thioether (sulfide) groups is 1. The molecule has 1 aliphatic rings.